The number of nitrogens with zero attached hydrogens (tertiary/aromatic N) is 3. The molecule has 3 aromatic heterocycles. The van der Waals surface area contributed by atoms with Crippen LogP contribution in [0, 0.1) is 11.3 Å². The second-order valence-corrected chi connectivity index (χ2v) is 7.00. The van der Waals surface area contributed by atoms with E-state index in [4.69, 9.17) is 16.6 Å². The van der Waals surface area contributed by atoms with Crippen LogP contribution < -0.4 is 0 Å². The summed E-state index contributed by atoms with van der Waals surface area (Å²) in [6.45, 7) is 0. The number of rotatable bonds is 2. The van der Waals surface area contributed by atoms with Crippen molar-refractivity contribution in [3.63, 3.8) is 0 Å². The van der Waals surface area contributed by atoms with Gasteiger partial charge in [-0.25, -0.2) is 4.98 Å². The third-order valence-electron chi connectivity index (χ3n) is 4.92. The van der Waals surface area contributed by atoms with Crippen LogP contribution in [0.3, 0.4) is 0 Å². The Morgan fingerprint density at radius 3 is 2.36 bits per heavy atom. The zero-order valence-corrected chi connectivity index (χ0v) is 15.6. The van der Waals surface area contributed by atoms with Crippen LogP contribution in [-0.2, 0) is 0 Å². The lowest BCUT2D eigenvalue weighted by atomic mass is 10.0. The number of fused-ring (bicyclic) bond motifs is 3. The maximum atomic E-state index is 9.86. The van der Waals surface area contributed by atoms with E-state index in [0.717, 1.165) is 33.4 Å². The standard InChI is InChI=1S/C24H14ClN3/c25-18-11-9-17(10-12-18)21-14-19(16-6-2-1-3-7-16)24-23(27-21)20(15-26)22-8-4-5-13-28(22)24/h1-14H. The number of benzene rings is 2. The van der Waals surface area contributed by atoms with Gasteiger partial charge in [0.2, 0.25) is 0 Å². The molecule has 0 radical (unpaired) electrons. The molecule has 5 rings (SSSR count). The number of aromatic nitrogens is 2. The largest absolute Gasteiger partial charge is 0.313 e. The highest BCUT2D eigenvalue weighted by Crippen LogP contribution is 2.36. The average Bonchev–Trinajstić information content (AvgIpc) is 3.08. The molecule has 4 heteroatoms. The van der Waals surface area contributed by atoms with Crippen LogP contribution in [-0.4, -0.2) is 9.38 Å². The number of hydrogen-bond acceptors (Lipinski definition) is 2. The van der Waals surface area contributed by atoms with E-state index in [2.05, 4.69) is 28.7 Å². The van der Waals surface area contributed by atoms with E-state index >= 15 is 0 Å². The van der Waals surface area contributed by atoms with Gasteiger partial charge >= 0.3 is 0 Å². The summed E-state index contributed by atoms with van der Waals surface area (Å²) in [6.07, 6.45) is 1.98. The summed E-state index contributed by atoms with van der Waals surface area (Å²) in [5.74, 6) is 0. The van der Waals surface area contributed by atoms with Crippen molar-refractivity contribution in [3.05, 3.63) is 95.6 Å². The molecule has 3 nitrogen and oxygen atoms in total. The van der Waals surface area contributed by atoms with Gasteiger partial charge in [0, 0.05) is 22.3 Å². The lowest BCUT2D eigenvalue weighted by Crippen LogP contribution is -1.91. The topological polar surface area (TPSA) is 41.1 Å². The SMILES string of the molecule is N#Cc1c2nc(-c3ccc(Cl)cc3)cc(-c3ccccc3)c2n2ccccc12. The molecule has 0 saturated heterocycles. The molecule has 0 unspecified atom stereocenters. The third kappa shape index (κ3) is 2.55. The molecule has 0 bridgehead atoms. The van der Waals surface area contributed by atoms with Crippen molar-refractivity contribution in [2.45, 2.75) is 0 Å². The summed E-state index contributed by atoms with van der Waals surface area (Å²) in [7, 11) is 0. The van der Waals surface area contributed by atoms with Crippen molar-refractivity contribution in [3.8, 4) is 28.5 Å². The molecule has 3 heterocycles. The van der Waals surface area contributed by atoms with Crippen LogP contribution in [0.1, 0.15) is 5.56 Å². The lowest BCUT2D eigenvalue weighted by molar-refractivity contribution is 1.25. The second kappa shape index (κ2) is 6.53. The van der Waals surface area contributed by atoms with Gasteiger partial charge in [-0.05, 0) is 35.9 Å². The molecule has 2 aromatic carbocycles. The van der Waals surface area contributed by atoms with Gasteiger partial charge in [-0.2, -0.15) is 5.26 Å². The maximum absolute atomic E-state index is 9.86. The van der Waals surface area contributed by atoms with Gasteiger partial charge in [0.1, 0.15) is 17.1 Å². The minimum absolute atomic E-state index is 0.587. The Kier molecular flexibility index (Phi) is 3.86. The normalized spacial score (nSPS) is 11.0. The van der Waals surface area contributed by atoms with E-state index in [1.807, 2.05) is 66.9 Å². The Hall–Kier alpha value is -3.61. The van der Waals surface area contributed by atoms with Crippen molar-refractivity contribution >= 4 is 28.2 Å². The van der Waals surface area contributed by atoms with Crippen molar-refractivity contribution in [1.29, 1.82) is 5.26 Å². The van der Waals surface area contributed by atoms with E-state index < -0.39 is 0 Å². The van der Waals surface area contributed by atoms with E-state index in [1.54, 1.807) is 0 Å². The Balaban J connectivity index is 1.94. The van der Waals surface area contributed by atoms with Crippen molar-refractivity contribution in [2.75, 3.05) is 0 Å². The quantitative estimate of drug-likeness (QED) is 0.358. The highest BCUT2D eigenvalue weighted by atomic mass is 35.5. The van der Waals surface area contributed by atoms with Crippen LogP contribution in [0.5, 0.6) is 0 Å². The van der Waals surface area contributed by atoms with E-state index in [1.165, 1.54) is 0 Å². The number of halogens is 1. The predicted molar refractivity (Wildman–Crippen MR) is 113 cm³/mol. The van der Waals surface area contributed by atoms with Crippen molar-refractivity contribution in [1.82, 2.24) is 9.38 Å². The zero-order chi connectivity index (χ0) is 19.1. The highest BCUT2D eigenvalue weighted by molar-refractivity contribution is 6.30. The minimum Gasteiger partial charge on any atom is -0.313 e. The Labute approximate surface area is 167 Å². The Morgan fingerprint density at radius 2 is 1.61 bits per heavy atom. The molecule has 0 spiro atoms. The summed E-state index contributed by atoms with van der Waals surface area (Å²) >= 11 is 6.06. The van der Waals surface area contributed by atoms with E-state index in [0.29, 0.717) is 16.1 Å². The van der Waals surface area contributed by atoms with Gasteiger partial charge in [0.05, 0.1) is 16.7 Å². The first-order valence-electron chi connectivity index (χ1n) is 8.91. The first-order valence-corrected chi connectivity index (χ1v) is 9.29. The van der Waals surface area contributed by atoms with Gasteiger partial charge in [-0.1, -0.05) is 60.1 Å². The summed E-state index contributed by atoms with van der Waals surface area (Å²) in [5.41, 5.74) is 6.99. The average molecular weight is 380 g/mol. The smallest absolute Gasteiger partial charge is 0.108 e. The summed E-state index contributed by atoms with van der Waals surface area (Å²) in [5, 5.41) is 10.5. The molecule has 0 amide bonds. The molecule has 5 aromatic rings. The molecule has 0 aliphatic heterocycles. The van der Waals surface area contributed by atoms with Crippen LogP contribution in [0.2, 0.25) is 5.02 Å². The van der Waals surface area contributed by atoms with Crippen LogP contribution in [0.15, 0.2) is 85.1 Å². The van der Waals surface area contributed by atoms with Crippen LogP contribution in [0.4, 0.5) is 0 Å². The molecule has 28 heavy (non-hydrogen) atoms. The molecule has 0 aliphatic carbocycles. The lowest BCUT2D eigenvalue weighted by Gasteiger charge is -2.09. The molecule has 0 aliphatic rings. The van der Waals surface area contributed by atoms with E-state index in [9.17, 15) is 5.26 Å². The van der Waals surface area contributed by atoms with Gasteiger partial charge < -0.3 is 4.40 Å². The molecule has 0 atom stereocenters. The van der Waals surface area contributed by atoms with Crippen LogP contribution >= 0.6 is 11.6 Å². The van der Waals surface area contributed by atoms with Crippen molar-refractivity contribution in [2.24, 2.45) is 0 Å². The van der Waals surface area contributed by atoms with E-state index in [-0.39, 0.29) is 0 Å². The van der Waals surface area contributed by atoms with Gasteiger partial charge in [-0.15, -0.1) is 0 Å². The fraction of sp³-hybridized carbons (Fsp3) is 0. The monoisotopic (exact) mass is 379 g/mol. The summed E-state index contributed by atoms with van der Waals surface area (Å²) < 4.78 is 2.05. The molecular formula is C24H14ClN3. The second-order valence-electron chi connectivity index (χ2n) is 6.57. The highest BCUT2D eigenvalue weighted by Gasteiger charge is 2.18. The van der Waals surface area contributed by atoms with Crippen molar-refractivity contribution < 1.29 is 0 Å². The Morgan fingerprint density at radius 1 is 0.857 bits per heavy atom. The summed E-state index contributed by atoms with van der Waals surface area (Å²) in [6, 6.07) is 28.1. The summed E-state index contributed by atoms with van der Waals surface area (Å²) in [4.78, 5) is 4.88. The fourth-order valence-electron chi connectivity index (χ4n) is 3.64. The first kappa shape index (κ1) is 16.6. The number of nitriles is 1. The number of pyridine rings is 2. The predicted octanol–water partition coefficient (Wildman–Crippen LogP) is 6.35. The molecule has 132 valence electrons. The Bertz CT molecular complexity index is 1360. The van der Waals surface area contributed by atoms with Gasteiger partial charge in [0.25, 0.3) is 0 Å². The van der Waals surface area contributed by atoms with Crippen LogP contribution in [0.25, 0.3) is 38.9 Å². The molecule has 0 saturated carbocycles. The maximum Gasteiger partial charge on any atom is 0.108 e. The zero-order valence-electron chi connectivity index (χ0n) is 14.8. The number of hydrogen-bond donors (Lipinski definition) is 0. The van der Waals surface area contributed by atoms with Gasteiger partial charge in [0.15, 0.2) is 0 Å². The third-order valence-corrected chi connectivity index (χ3v) is 5.18. The molecular weight excluding hydrogens is 366 g/mol. The molecule has 0 fully saturated rings. The minimum atomic E-state index is 0.587. The first-order chi connectivity index (χ1) is 13.8. The van der Waals surface area contributed by atoms with Gasteiger partial charge in [-0.3, -0.25) is 0 Å². The fourth-order valence-corrected chi connectivity index (χ4v) is 3.76. The molecule has 0 N–H and O–H groups in total.